The second-order valence-electron chi connectivity index (χ2n) is 6.42. The zero-order chi connectivity index (χ0) is 12.8. The third-order valence-electron chi connectivity index (χ3n) is 5.33. The molecular formula is C14H24N2O2. The molecule has 3 rings (SSSR count). The van der Waals surface area contributed by atoms with Crippen LogP contribution in [0.5, 0.6) is 0 Å². The van der Waals surface area contributed by atoms with Gasteiger partial charge in [-0.15, -0.1) is 0 Å². The highest BCUT2D eigenvalue weighted by Gasteiger charge is 2.53. The van der Waals surface area contributed by atoms with Crippen molar-refractivity contribution in [3.8, 4) is 0 Å². The SMILES string of the molecule is CN1CCC(C=O)CC1OC1CC2(CCN2C)C1. The van der Waals surface area contributed by atoms with Gasteiger partial charge in [0.25, 0.3) is 0 Å². The number of nitrogens with zero attached hydrogens (tertiary/aromatic N) is 2. The van der Waals surface area contributed by atoms with Gasteiger partial charge in [0, 0.05) is 24.5 Å². The van der Waals surface area contributed by atoms with E-state index in [2.05, 4.69) is 23.9 Å². The third kappa shape index (κ3) is 2.00. The molecule has 1 saturated carbocycles. The van der Waals surface area contributed by atoms with Crippen LogP contribution in [-0.2, 0) is 9.53 Å². The van der Waals surface area contributed by atoms with Gasteiger partial charge in [0.05, 0.1) is 6.10 Å². The number of carbonyl (C=O) groups excluding carboxylic acids is 1. The first-order valence-electron chi connectivity index (χ1n) is 7.15. The summed E-state index contributed by atoms with van der Waals surface area (Å²) in [6, 6.07) is 0. The highest BCUT2D eigenvalue weighted by molar-refractivity contribution is 5.53. The topological polar surface area (TPSA) is 32.8 Å². The van der Waals surface area contributed by atoms with Crippen LogP contribution < -0.4 is 0 Å². The molecule has 4 heteroatoms. The van der Waals surface area contributed by atoms with Crippen LogP contribution >= 0.6 is 0 Å². The van der Waals surface area contributed by atoms with E-state index >= 15 is 0 Å². The molecule has 102 valence electrons. The average Bonchev–Trinajstić information content (AvgIpc) is 2.33. The molecule has 3 aliphatic rings. The summed E-state index contributed by atoms with van der Waals surface area (Å²) < 4.78 is 6.19. The van der Waals surface area contributed by atoms with Crippen LogP contribution in [0.15, 0.2) is 0 Å². The Morgan fingerprint density at radius 3 is 2.61 bits per heavy atom. The summed E-state index contributed by atoms with van der Waals surface area (Å²) in [4.78, 5) is 15.6. The largest absolute Gasteiger partial charge is 0.360 e. The van der Waals surface area contributed by atoms with Crippen molar-refractivity contribution in [3.05, 3.63) is 0 Å². The number of carbonyl (C=O) groups is 1. The molecule has 0 aromatic heterocycles. The Morgan fingerprint density at radius 1 is 1.28 bits per heavy atom. The van der Waals surface area contributed by atoms with Gasteiger partial charge in [-0.05, 0) is 46.2 Å². The predicted octanol–water partition coefficient (Wildman–Crippen LogP) is 1.11. The van der Waals surface area contributed by atoms with E-state index in [1.165, 1.54) is 25.8 Å². The zero-order valence-electron chi connectivity index (χ0n) is 11.5. The number of ether oxygens (including phenoxy) is 1. The van der Waals surface area contributed by atoms with E-state index in [9.17, 15) is 4.79 Å². The number of likely N-dealkylation sites (tertiary alicyclic amines) is 2. The number of rotatable bonds is 3. The molecule has 2 heterocycles. The lowest BCUT2D eigenvalue weighted by Gasteiger charge is -2.60. The lowest BCUT2D eigenvalue weighted by atomic mass is 9.66. The Balaban J connectivity index is 1.49. The van der Waals surface area contributed by atoms with Gasteiger partial charge in [-0.2, -0.15) is 0 Å². The Bertz CT molecular complexity index is 328. The van der Waals surface area contributed by atoms with Crippen LogP contribution in [0.4, 0.5) is 0 Å². The monoisotopic (exact) mass is 252 g/mol. The van der Waals surface area contributed by atoms with Crippen LogP contribution in [0.1, 0.15) is 32.1 Å². The second kappa shape index (κ2) is 4.58. The highest BCUT2D eigenvalue weighted by atomic mass is 16.5. The zero-order valence-corrected chi connectivity index (χ0v) is 11.5. The molecule has 2 aliphatic heterocycles. The summed E-state index contributed by atoms with van der Waals surface area (Å²) in [5.74, 6) is 0.201. The van der Waals surface area contributed by atoms with Crippen LogP contribution in [0.2, 0.25) is 0 Å². The molecule has 3 fully saturated rings. The van der Waals surface area contributed by atoms with Crippen molar-refractivity contribution in [3.63, 3.8) is 0 Å². The number of hydrogen-bond acceptors (Lipinski definition) is 4. The molecule has 18 heavy (non-hydrogen) atoms. The maximum absolute atomic E-state index is 10.9. The maximum Gasteiger partial charge on any atom is 0.123 e. The van der Waals surface area contributed by atoms with Gasteiger partial charge >= 0.3 is 0 Å². The first-order chi connectivity index (χ1) is 8.63. The smallest absolute Gasteiger partial charge is 0.123 e. The van der Waals surface area contributed by atoms with E-state index in [1.807, 2.05) is 0 Å². The minimum Gasteiger partial charge on any atom is -0.360 e. The van der Waals surface area contributed by atoms with E-state index in [4.69, 9.17) is 4.74 Å². The minimum absolute atomic E-state index is 0.154. The van der Waals surface area contributed by atoms with Gasteiger partial charge in [-0.3, -0.25) is 4.90 Å². The first-order valence-corrected chi connectivity index (χ1v) is 7.15. The second-order valence-corrected chi connectivity index (χ2v) is 6.42. The fraction of sp³-hybridized carbons (Fsp3) is 0.929. The van der Waals surface area contributed by atoms with Crippen LogP contribution in [0.3, 0.4) is 0 Å². The van der Waals surface area contributed by atoms with Crippen molar-refractivity contribution in [2.24, 2.45) is 5.92 Å². The quantitative estimate of drug-likeness (QED) is 0.704. The number of hydrogen-bond donors (Lipinski definition) is 0. The van der Waals surface area contributed by atoms with Crippen molar-refractivity contribution in [2.45, 2.75) is 50.0 Å². The Morgan fingerprint density at radius 2 is 2.06 bits per heavy atom. The molecule has 1 spiro atoms. The van der Waals surface area contributed by atoms with Crippen molar-refractivity contribution < 1.29 is 9.53 Å². The molecule has 0 radical (unpaired) electrons. The third-order valence-corrected chi connectivity index (χ3v) is 5.33. The minimum atomic E-state index is 0.154. The molecule has 1 aliphatic carbocycles. The van der Waals surface area contributed by atoms with E-state index < -0.39 is 0 Å². The number of piperidine rings is 1. The maximum atomic E-state index is 10.9. The van der Waals surface area contributed by atoms with Gasteiger partial charge in [-0.25, -0.2) is 0 Å². The highest BCUT2D eigenvalue weighted by Crippen LogP contribution is 2.48. The molecule has 0 N–H and O–H groups in total. The normalized spacial score (nSPS) is 45.6. The van der Waals surface area contributed by atoms with Crippen LogP contribution in [0.25, 0.3) is 0 Å². The summed E-state index contributed by atoms with van der Waals surface area (Å²) in [5, 5.41) is 0. The fourth-order valence-electron chi connectivity index (χ4n) is 3.63. The summed E-state index contributed by atoms with van der Waals surface area (Å²) in [5.41, 5.74) is 0.474. The van der Waals surface area contributed by atoms with Gasteiger partial charge in [0.1, 0.15) is 12.5 Å². The van der Waals surface area contributed by atoms with Gasteiger partial charge in [-0.1, -0.05) is 0 Å². The van der Waals surface area contributed by atoms with Crippen molar-refractivity contribution in [1.29, 1.82) is 0 Å². The van der Waals surface area contributed by atoms with Crippen molar-refractivity contribution in [2.75, 3.05) is 27.2 Å². The lowest BCUT2D eigenvalue weighted by molar-refractivity contribution is -0.198. The van der Waals surface area contributed by atoms with Crippen molar-refractivity contribution in [1.82, 2.24) is 9.80 Å². The van der Waals surface area contributed by atoms with E-state index in [0.29, 0.717) is 11.6 Å². The van der Waals surface area contributed by atoms with E-state index in [1.54, 1.807) is 0 Å². The Kier molecular flexibility index (Phi) is 3.20. The summed E-state index contributed by atoms with van der Waals surface area (Å²) >= 11 is 0. The molecule has 2 unspecified atom stereocenters. The summed E-state index contributed by atoms with van der Waals surface area (Å²) in [6.07, 6.45) is 7.22. The summed E-state index contributed by atoms with van der Waals surface area (Å²) in [7, 11) is 4.32. The van der Waals surface area contributed by atoms with Gasteiger partial charge < -0.3 is 14.4 Å². The molecule has 2 atom stereocenters. The van der Waals surface area contributed by atoms with Crippen LogP contribution in [-0.4, -0.2) is 61.1 Å². The molecule has 0 aromatic rings. The lowest BCUT2D eigenvalue weighted by Crippen LogP contribution is -2.67. The average molecular weight is 252 g/mol. The standard InChI is InChI=1S/C14H24N2O2/c1-15-5-3-11(10-17)7-13(15)18-12-8-14(9-12)4-6-16(14)2/h10-13H,3-9H2,1-2H3. The summed E-state index contributed by atoms with van der Waals surface area (Å²) in [6.45, 7) is 2.22. The molecule has 2 saturated heterocycles. The molecule has 0 bridgehead atoms. The molecule has 0 amide bonds. The van der Waals surface area contributed by atoms with Gasteiger partial charge in [0.2, 0.25) is 0 Å². The Hall–Kier alpha value is -0.450. The Labute approximate surface area is 109 Å². The van der Waals surface area contributed by atoms with Crippen LogP contribution in [0, 0.1) is 5.92 Å². The number of aldehydes is 1. The fourth-order valence-corrected chi connectivity index (χ4v) is 3.63. The molecule has 4 nitrogen and oxygen atoms in total. The van der Waals surface area contributed by atoms with Gasteiger partial charge in [0.15, 0.2) is 0 Å². The van der Waals surface area contributed by atoms with Crippen molar-refractivity contribution >= 4 is 6.29 Å². The molecule has 0 aromatic carbocycles. The predicted molar refractivity (Wildman–Crippen MR) is 69.3 cm³/mol. The molecular weight excluding hydrogens is 228 g/mol. The van der Waals surface area contributed by atoms with E-state index in [0.717, 1.165) is 25.7 Å². The first kappa shape index (κ1) is 12.6. The van der Waals surface area contributed by atoms with E-state index in [-0.39, 0.29) is 12.1 Å².